The zero-order chi connectivity index (χ0) is 15.4. The third-order valence-corrected chi connectivity index (χ3v) is 2.83. The van der Waals surface area contributed by atoms with Crippen molar-refractivity contribution in [2.75, 3.05) is 13.6 Å². The average Bonchev–Trinajstić information content (AvgIpc) is 2.31. The zero-order valence-electron chi connectivity index (χ0n) is 12.4. The van der Waals surface area contributed by atoms with Crippen molar-refractivity contribution in [3.8, 4) is 0 Å². The van der Waals surface area contributed by atoms with E-state index in [-0.39, 0.29) is 11.8 Å². The van der Waals surface area contributed by atoms with Gasteiger partial charge in [-0.25, -0.2) is 0 Å². The zero-order valence-corrected chi connectivity index (χ0v) is 12.4. The highest BCUT2D eigenvalue weighted by Crippen LogP contribution is 2.16. The standard InChI is InChI=1S/C13H27NO5/c1-6-8(15)9(16)10(17)11(18)12(19)14(5)7-13(2,3)4/h8-11,15-18H,6-7H2,1-5H3. The molecular formula is C13H27NO5. The second kappa shape index (κ2) is 7.19. The number of aliphatic hydroxyl groups excluding tert-OH is 4. The monoisotopic (exact) mass is 277 g/mol. The van der Waals surface area contributed by atoms with Crippen molar-refractivity contribution in [1.82, 2.24) is 4.90 Å². The number of hydrogen-bond acceptors (Lipinski definition) is 5. The molecule has 0 bridgehead atoms. The number of hydrogen-bond donors (Lipinski definition) is 4. The van der Waals surface area contributed by atoms with E-state index in [0.29, 0.717) is 6.54 Å². The molecule has 0 saturated carbocycles. The molecule has 6 heteroatoms. The molecule has 1 amide bonds. The van der Waals surface area contributed by atoms with Gasteiger partial charge in [0.1, 0.15) is 12.2 Å². The van der Waals surface area contributed by atoms with Crippen LogP contribution in [0.3, 0.4) is 0 Å². The number of amides is 1. The first kappa shape index (κ1) is 18.3. The van der Waals surface area contributed by atoms with Crippen LogP contribution in [0.1, 0.15) is 34.1 Å². The van der Waals surface area contributed by atoms with Crippen LogP contribution in [-0.2, 0) is 4.79 Å². The third-order valence-electron chi connectivity index (χ3n) is 2.83. The molecule has 0 fully saturated rings. The molecule has 0 aromatic heterocycles. The lowest BCUT2D eigenvalue weighted by atomic mass is 9.95. The molecule has 0 aliphatic heterocycles. The molecule has 0 aliphatic carbocycles. The van der Waals surface area contributed by atoms with Crippen LogP contribution < -0.4 is 0 Å². The molecule has 6 nitrogen and oxygen atoms in total. The van der Waals surface area contributed by atoms with Gasteiger partial charge in [-0.1, -0.05) is 27.7 Å². The normalized spacial score (nSPS) is 18.6. The van der Waals surface area contributed by atoms with Crippen molar-refractivity contribution in [2.45, 2.75) is 58.5 Å². The fourth-order valence-electron chi connectivity index (χ4n) is 1.82. The lowest BCUT2D eigenvalue weighted by Gasteiger charge is -2.31. The van der Waals surface area contributed by atoms with Crippen molar-refractivity contribution < 1.29 is 25.2 Å². The summed E-state index contributed by atoms with van der Waals surface area (Å²) in [4.78, 5) is 13.2. The Balaban J connectivity index is 4.63. The van der Waals surface area contributed by atoms with Crippen LogP contribution in [0.4, 0.5) is 0 Å². The van der Waals surface area contributed by atoms with Crippen LogP contribution in [0.2, 0.25) is 0 Å². The van der Waals surface area contributed by atoms with Gasteiger partial charge in [0.05, 0.1) is 6.10 Å². The van der Waals surface area contributed by atoms with Gasteiger partial charge >= 0.3 is 0 Å². The number of rotatable bonds is 6. The Morgan fingerprint density at radius 1 is 1.11 bits per heavy atom. The molecule has 0 spiro atoms. The fourth-order valence-corrected chi connectivity index (χ4v) is 1.82. The van der Waals surface area contributed by atoms with Gasteiger partial charge in [0.2, 0.25) is 0 Å². The summed E-state index contributed by atoms with van der Waals surface area (Å²) < 4.78 is 0. The average molecular weight is 277 g/mol. The van der Waals surface area contributed by atoms with Gasteiger partial charge in [0.25, 0.3) is 5.91 Å². The SMILES string of the molecule is CCC(O)C(O)C(O)C(O)C(=O)N(C)CC(C)(C)C. The Kier molecular flexibility index (Phi) is 6.93. The number of carbonyl (C=O) groups excluding carboxylic acids is 1. The Labute approximate surface area is 114 Å². The molecule has 4 unspecified atom stereocenters. The van der Waals surface area contributed by atoms with Crippen LogP contribution in [-0.4, -0.2) is 69.2 Å². The quantitative estimate of drug-likeness (QED) is 0.516. The van der Waals surface area contributed by atoms with E-state index < -0.39 is 30.3 Å². The maximum absolute atomic E-state index is 11.9. The summed E-state index contributed by atoms with van der Waals surface area (Å²) in [5.74, 6) is -0.676. The Bertz CT molecular complexity index is 289. The van der Waals surface area contributed by atoms with Crippen molar-refractivity contribution >= 4 is 5.91 Å². The number of nitrogens with zero attached hydrogens (tertiary/aromatic N) is 1. The first-order valence-corrected chi connectivity index (χ1v) is 6.48. The van der Waals surface area contributed by atoms with Crippen LogP contribution in [0.5, 0.6) is 0 Å². The summed E-state index contributed by atoms with van der Waals surface area (Å²) in [5.41, 5.74) is -0.142. The summed E-state index contributed by atoms with van der Waals surface area (Å²) in [7, 11) is 1.52. The fraction of sp³-hybridized carbons (Fsp3) is 0.923. The second-order valence-corrected chi connectivity index (χ2v) is 6.16. The molecule has 4 N–H and O–H groups in total. The molecule has 0 heterocycles. The maximum atomic E-state index is 11.9. The van der Waals surface area contributed by atoms with E-state index in [2.05, 4.69) is 0 Å². The summed E-state index contributed by atoms with van der Waals surface area (Å²) >= 11 is 0. The third kappa shape index (κ3) is 5.86. The van der Waals surface area contributed by atoms with Crippen molar-refractivity contribution in [2.24, 2.45) is 5.41 Å². The number of likely N-dealkylation sites (N-methyl/N-ethyl adjacent to an activating group) is 1. The van der Waals surface area contributed by atoms with Crippen molar-refractivity contribution in [3.05, 3.63) is 0 Å². The highest BCUT2D eigenvalue weighted by atomic mass is 16.4. The van der Waals surface area contributed by atoms with E-state index in [1.165, 1.54) is 11.9 Å². The molecular weight excluding hydrogens is 250 g/mol. The first-order chi connectivity index (χ1) is 8.51. The Morgan fingerprint density at radius 3 is 1.95 bits per heavy atom. The predicted octanol–water partition coefficient (Wildman–Crippen LogP) is -0.655. The van der Waals surface area contributed by atoms with E-state index in [4.69, 9.17) is 0 Å². The van der Waals surface area contributed by atoms with Gasteiger partial charge in [-0.15, -0.1) is 0 Å². The molecule has 0 aromatic rings. The van der Waals surface area contributed by atoms with Gasteiger partial charge in [0.15, 0.2) is 6.10 Å². The van der Waals surface area contributed by atoms with E-state index in [9.17, 15) is 25.2 Å². The molecule has 0 aromatic carbocycles. The van der Waals surface area contributed by atoms with E-state index >= 15 is 0 Å². The van der Waals surface area contributed by atoms with Crippen molar-refractivity contribution in [3.63, 3.8) is 0 Å². The van der Waals surface area contributed by atoms with Gasteiger partial charge in [-0.2, -0.15) is 0 Å². The smallest absolute Gasteiger partial charge is 0.253 e. The van der Waals surface area contributed by atoms with Gasteiger partial charge in [0, 0.05) is 13.6 Å². The molecule has 19 heavy (non-hydrogen) atoms. The molecule has 0 radical (unpaired) electrons. The first-order valence-electron chi connectivity index (χ1n) is 6.48. The lowest BCUT2D eigenvalue weighted by molar-refractivity contribution is -0.156. The highest BCUT2D eigenvalue weighted by molar-refractivity contribution is 5.81. The van der Waals surface area contributed by atoms with Crippen LogP contribution in [0.25, 0.3) is 0 Å². The van der Waals surface area contributed by atoms with Gasteiger partial charge < -0.3 is 25.3 Å². The summed E-state index contributed by atoms with van der Waals surface area (Å²) in [6.07, 6.45) is -5.96. The molecule has 114 valence electrons. The molecule has 0 aliphatic rings. The topological polar surface area (TPSA) is 101 Å². The second-order valence-electron chi connectivity index (χ2n) is 6.16. The number of aliphatic hydroxyl groups is 4. The van der Waals surface area contributed by atoms with Gasteiger partial charge in [-0.05, 0) is 11.8 Å². The van der Waals surface area contributed by atoms with Crippen LogP contribution >= 0.6 is 0 Å². The Morgan fingerprint density at radius 2 is 1.58 bits per heavy atom. The largest absolute Gasteiger partial charge is 0.390 e. The van der Waals surface area contributed by atoms with E-state index in [0.717, 1.165) is 0 Å². The lowest BCUT2D eigenvalue weighted by Crippen LogP contribution is -2.52. The summed E-state index contributed by atoms with van der Waals surface area (Å²) in [6, 6.07) is 0. The maximum Gasteiger partial charge on any atom is 0.253 e. The molecule has 4 atom stereocenters. The number of carbonyl (C=O) groups is 1. The minimum atomic E-state index is -1.75. The molecule has 0 saturated heterocycles. The van der Waals surface area contributed by atoms with Gasteiger partial charge in [-0.3, -0.25) is 4.79 Å². The predicted molar refractivity (Wildman–Crippen MR) is 71.4 cm³/mol. The minimum absolute atomic E-state index is 0.142. The minimum Gasteiger partial charge on any atom is -0.390 e. The van der Waals surface area contributed by atoms with Crippen LogP contribution in [0.15, 0.2) is 0 Å². The summed E-state index contributed by atoms with van der Waals surface area (Å²) in [5, 5.41) is 38.4. The molecule has 0 rings (SSSR count). The van der Waals surface area contributed by atoms with Crippen LogP contribution in [0, 0.1) is 5.41 Å². The van der Waals surface area contributed by atoms with E-state index in [1.54, 1.807) is 6.92 Å². The summed E-state index contributed by atoms with van der Waals surface area (Å²) in [6.45, 7) is 7.85. The van der Waals surface area contributed by atoms with Crippen molar-refractivity contribution in [1.29, 1.82) is 0 Å². The Hall–Kier alpha value is -0.690. The van der Waals surface area contributed by atoms with E-state index in [1.807, 2.05) is 20.8 Å². The highest BCUT2D eigenvalue weighted by Gasteiger charge is 2.35.